The minimum atomic E-state index is -0.746. The molecule has 0 fully saturated rings. The van der Waals surface area contributed by atoms with Gasteiger partial charge in [-0.05, 0) is 37.3 Å². The Morgan fingerprint density at radius 2 is 2.24 bits per heavy atom. The Morgan fingerprint density at radius 3 is 2.90 bits per heavy atom. The third-order valence-corrected chi connectivity index (χ3v) is 3.10. The van der Waals surface area contributed by atoms with Gasteiger partial charge in [-0.25, -0.2) is 5.43 Å². The maximum atomic E-state index is 11.8. The molecule has 110 valence electrons. The van der Waals surface area contributed by atoms with Gasteiger partial charge in [-0.1, -0.05) is 23.2 Å². The maximum Gasteiger partial charge on any atom is 0.280 e. The van der Waals surface area contributed by atoms with E-state index in [4.69, 9.17) is 27.9 Å². The average molecular weight is 326 g/mol. The van der Waals surface area contributed by atoms with Crippen LogP contribution in [0.15, 0.2) is 41.6 Å². The zero-order chi connectivity index (χ0) is 15.2. The van der Waals surface area contributed by atoms with Gasteiger partial charge in [0.2, 0.25) is 0 Å². The van der Waals surface area contributed by atoms with Crippen molar-refractivity contribution in [3.05, 3.63) is 52.3 Å². The number of hydrogen-bond donors (Lipinski definition) is 2. The van der Waals surface area contributed by atoms with Crippen LogP contribution in [-0.4, -0.2) is 23.2 Å². The van der Waals surface area contributed by atoms with Crippen molar-refractivity contribution < 1.29 is 9.53 Å². The molecule has 0 aliphatic rings. The molecule has 1 amide bonds. The van der Waals surface area contributed by atoms with Crippen LogP contribution in [0.2, 0.25) is 10.0 Å². The van der Waals surface area contributed by atoms with Crippen LogP contribution in [0.1, 0.15) is 12.6 Å². The van der Waals surface area contributed by atoms with E-state index in [0.717, 1.165) is 5.69 Å². The van der Waals surface area contributed by atoms with Gasteiger partial charge in [-0.2, -0.15) is 5.10 Å². The lowest BCUT2D eigenvalue weighted by molar-refractivity contribution is -0.127. The summed E-state index contributed by atoms with van der Waals surface area (Å²) in [7, 11) is 0. The van der Waals surface area contributed by atoms with Gasteiger partial charge in [0.15, 0.2) is 6.10 Å². The molecule has 1 heterocycles. The second kappa shape index (κ2) is 7.15. The lowest BCUT2D eigenvalue weighted by Crippen LogP contribution is -2.33. The maximum absolute atomic E-state index is 11.8. The largest absolute Gasteiger partial charge is 0.479 e. The number of carbonyl (C=O) groups is 1. The summed E-state index contributed by atoms with van der Waals surface area (Å²) < 4.78 is 5.47. The first-order valence-electron chi connectivity index (χ1n) is 6.14. The molecule has 21 heavy (non-hydrogen) atoms. The van der Waals surface area contributed by atoms with E-state index in [-0.39, 0.29) is 5.91 Å². The number of H-pyrrole nitrogens is 1. The molecule has 2 rings (SSSR count). The SMILES string of the molecule is CC(Oc1ccc(Cl)cc1Cl)C(=O)NN=Cc1ccc[nH]1. The molecule has 0 saturated carbocycles. The van der Waals surface area contributed by atoms with Crippen molar-refractivity contribution in [1.29, 1.82) is 0 Å². The first-order valence-corrected chi connectivity index (χ1v) is 6.90. The second-order valence-corrected chi connectivity index (χ2v) is 5.04. The number of carbonyl (C=O) groups excluding carboxylic acids is 1. The van der Waals surface area contributed by atoms with Crippen LogP contribution in [0.25, 0.3) is 0 Å². The number of aromatic amines is 1. The predicted octanol–water partition coefficient (Wildman–Crippen LogP) is 3.24. The summed E-state index contributed by atoms with van der Waals surface area (Å²) in [6.07, 6.45) is 2.52. The highest BCUT2D eigenvalue weighted by Crippen LogP contribution is 2.28. The highest BCUT2D eigenvalue weighted by Gasteiger charge is 2.15. The minimum absolute atomic E-state index is 0.344. The molecule has 2 aromatic rings. The Hall–Kier alpha value is -1.98. The summed E-state index contributed by atoms with van der Waals surface area (Å²) >= 11 is 11.8. The number of halogens is 2. The van der Waals surface area contributed by atoms with Crippen LogP contribution in [0.4, 0.5) is 0 Å². The van der Waals surface area contributed by atoms with Gasteiger partial charge in [0.05, 0.1) is 16.9 Å². The van der Waals surface area contributed by atoms with Crippen LogP contribution in [0, 0.1) is 0 Å². The minimum Gasteiger partial charge on any atom is -0.479 e. The normalized spacial score (nSPS) is 12.3. The van der Waals surface area contributed by atoms with Gasteiger partial charge in [0.25, 0.3) is 5.91 Å². The molecule has 0 saturated heterocycles. The Balaban J connectivity index is 1.90. The Labute approximate surface area is 131 Å². The molecule has 1 atom stereocenters. The van der Waals surface area contributed by atoms with Gasteiger partial charge in [-0.15, -0.1) is 0 Å². The predicted molar refractivity (Wildman–Crippen MR) is 83.1 cm³/mol. The van der Waals surface area contributed by atoms with Gasteiger partial charge in [0, 0.05) is 11.2 Å². The van der Waals surface area contributed by atoms with E-state index in [1.807, 2.05) is 12.1 Å². The van der Waals surface area contributed by atoms with Crippen molar-refractivity contribution in [3.8, 4) is 5.75 Å². The molecule has 0 spiro atoms. The second-order valence-electron chi connectivity index (χ2n) is 4.19. The Morgan fingerprint density at radius 1 is 1.43 bits per heavy atom. The smallest absolute Gasteiger partial charge is 0.280 e. The highest BCUT2D eigenvalue weighted by atomic mass is 35.5. The first-order chi connectivity index (χ1) is 10.1. The van der Waals surface area contributed by atoms with Crippen molar-refractivity contribution in [1.82, 2.24) is 10.4 Å². The third kappa shape index (κ3) is 4.51. The zero-order valence-electron chi connectivity index (χ0n) is 11.1. The van der Waals surface area contributed by atoms with Crippen LogP contribution in [-0.2, 0) is 4.79 Å². The molecule has 2 N–H and O–H groups in total. The first kappa shape index (κ1) is 15.4. The fraction of sp³-hybridized carbons (Fsp3) is 0.143. The molecule has 0 aliphatic carbocycles. The summed E-state index contributed by atoms with van der Waals surface area (Å²) in [5.41, 5.74) is 3.17. The van der Waals surface area contributed by atoms with Gasteiger partial charge in [0.1, 0.15) is 5.75 Å². The number of hydrogen-bond acceptors (Lipinski definition) is 3. The quantitative estimate of drug-likeness (QED) is 0.654. The molecule has 5 nitrogen and oxygen atoms in total. The number of ether oxygens (including phenoxy) is 1. The average Bonchev–Trinajstić information content (AvgIpc) is 2.95. The molecule has 7 heteroatoms. The van der Waals surface area contributed by atoms with E-state index in [0.29, 0.717) is 15.8 Å². The third-order valence-electron chi connectivity index (χ3n) is 2.57. The number of hydrazone groups is 1. The van der Waals surface area contributed by atoms with E-state index in [1.54, 1.807) is 31.3 Å². The van der Waals surface area contributed by atoms with Crippen LogP contribution >= 0.6 is 23.2 Å². The number of nitrogens with one attached hydrogen (secondary N) is 2. The number of aromatic nitrogens is 1. The van der Waals surface area contributed by atoms with Gasteiger partial charge < -0.3 is 9.72 Å². The summed E-state index contributed by atoms with van der Waals surface area (Å²) in [5.74, 6) is 0.000821. The number of rotatable bonds is 5. The Kier molecular flexibility index (Phi) is 5.25. The number of amides is 1. The van der Waals surface area contributed by atoms with E-state index >= 15 is 0 Å². The molecule has 1 aromatic heterocycles. The molecule has 0 aliphatic heterocycles. The molecular weight excluding hydrogens is 313 g/mol. The molecule has 1 aromatic carbocycles. The van der Waals surface area contributed by atoms with Crippen molar-refractivity contribution in [2.75, 3.05) is 0 Å². The summed E-state index contributed by atoms with van der Waals surface area (Å²) in [6.45, 7) is 1.60. The topological polar surface area (TPSA) is 66.5 Å². The molecule has 1 unspecified atom stereocenters. The van der Waals surface area contributed by atoms with E-state index in [2.05, 4.69) is 15.5 Å². The lowest BCUT2D eigenvalue weighted by Gasteiger charge is -2.14. The number of nitrogens with zero attached hydrogens (tertiary/aromatic N) is 1. The van der Waals surface area contributed by atoms with Crippen molar-refractivity contribution in [2.45, 2.75) is 13.0 Å². The summed E-state index contributed by atoms with van der Waals surface area (Å²) in [5, 5.41) is 4.67. The fourth-order valence-corrected chi connectivity index (χ4v) is 1.95. The van der Waals surface area contributed by atoms with Crippen LogP contribution in [0.5, 0.6) is 5.75 Å². The number of benzene rings is 1. The van der Waals surface area contributed by atoms with E-state index in [9.17, 15) is 4.79 Å². The standard InChI is InChI=1S/C14H13Cl2N3O2/c1-9(21-13-5-4-10(15)7-12(13)16)14(20)19-18-8-11-3-2-6-17-11/h2-9,17H,1H3,(H,19,20). The van der Waals surface area contributed by atoms with E-state index in [1.165, 1.54) is 6.21 Å². The fourth-order valence-electron chi connectivity index (χ4n) is 1.50. The summed E-state index contributed by atoms with van der Waals surface area (Å²) in [4.78, 5) is 14.8. The van der Waals surface area contributed by atoms with Crippen molar-refractivity contribution in [3.63, 3.8) is 0 Å². The molecular formula is C14H13Cl2N3O2. The summed E-state index contributed by atoms with van der Waals surface area (Å²) in [6, 6.07) is 8.44. The van der Waals surface area contributed by atoms with Crippen molar-refractivity contribution >= 4 is 35.3 Å². The lowest BCUT2D eigenvalue weighted by atomic mass is 10.3. The van der Waals surface area contributed by atoms with Gasteiger partial charge >= 0.3 is 0 Å². The monoisotopic (exact) mass is 325 g/mol. The molecule has 0 bridgehead atoms. The highest BCUT2D eigenvalue weighted by molar-refractivity contribution is 6.35. The van der Waals surface area contributed by atoms with Crippen molar-refractivity contribution in [2.24, 2.45) is 5.10 Å². The zero-order valence-corrected chi connectivity index (χ0v) is 12.7. The van der Waals surface area contributed by atoms with Gasteiger partial charge in [-0.3, -0.25) is 4.79 Å². The molecule has 0 radical (unpaired) electrons. The van der Waals surface area contributed by atoms with E-state index < -0.39 is 6.10 Å². The van der Waals surface area contributed by atoms with Crippen LogP contribution < -0.4 is 10.2 Å². The van der Waals surface area contributed by atoms with Crippen LogP contribution in [0.3, 0.4) is 0 Å². The Bertz CT molecular complexity index is 642.